The first-order valence-electron chi connectivity index (χ1n) is 6.26. The molecule has 0 aromatic rings. The number of thiocarbonyl (C=S) groups is 1. The predicted octanol–water partition coefficient (Wildman–Crippen LogP) is 0.605. The van der Waals surface area contributed by atoms with E-state index in [2.05, 4.69) is 4.90 Å². The van der Waals surface area contributed by atoms with E-state index in [-0.39, 0.29) is 5.54 Å². The van der Waals surface area contributed by atoms with Crippen molar-refractivity contribution in [2.75, 3.05) is 26.2 Å². The lowest BCUT2D eigenvalue weighted by Gasteiger charge is -2.43. The van der Waals surface area contributed by atoms with Crippen LogP contribution in [0.4, 0.5) is 0 Å². The average molecular weight is 255 g/mol. The molecule has 2 N–H and O–H groups in total. The van der Waals surface area contributed by atoms with Gasteiger partial charge in [0.15, 0.2) is 0 Å². The molecule has 4 nitrogen and oxygen atoms in total. The molecule has 1 saturated carbocycles. The Morgan fingerprint density at radius 3 is 2.18 bits per heavy atom. The quantitative estimate of drug-likeness (QED) is 0.751. The number of nitrogens with two attached hydrogens (primary N) is 1. The van der Waals surface area contributed by atoms with Crippen molar-refractivity contribution in [1.82, 2.24) is 9.80 Å². The van der Waals surface area contributed by atoms with Gasteiger partial charge in [-0.3, -0.25) is 9.69 Å². The molecule has 1 heterocycles. The molecule has 0 spiro atoms. The molecule has 1 aliphatic carbocycles. The van der Waals surface area contributed by atoms with Crippen molar-refractivity contribution in [3.05, 3.63) is 0 Å². The molecule has 2 fully saturated rings. The third kappa shape index (κ3) is 2.60. The zero-order valence-electron chi connectivity index (χ0n) is 10.6. The van der Waals surface area contributed by atoms with Gasteiger partial charge in [-0.25, -0.2) is 0 Å². The van der Waals surface area contributed by atoms with Crippen molar-refractivity contribution >= 4 is 23.1 Å². The molecule has 1 amide bonds. The van der Waals surface area contributed by atoms with Crippen LogP contribution in [-0.2, 0) is 4.79 Å². The number of rotatable bonds is 3. The molecule has 2 rings (SSSR count). The Labute approximate surface area is 108 Å². The van der Waals surface area contributed by atoms with Crippen LogP contribution in [0.1, 0.15) is 26.7 Å². The van der Waals surface area contributed by atoms with Gasteiger partial charge in [-0.2, -0.15) is 0 Å². The molecular weight excluding hydrogens is 234 g/mol. The highest BCUT2D eigenvalue weighted by atomic mass is 32.1. The summed E-state index contributed by atoms with van der Waals surface area (Å²) in [4.78, 5) is 16.7. The summed E-state index contributed by atoms with van der Waals surface area (Å²) in [5.41, 5.74) is 5.52. The number of nitrogens with zero attached hydrogens (tertiary/aromatic N) is 2. The minimum absolute atomic E-state index is 0.246. The van der Waals surface area contributed by atoms with Crippen molar-refractivity contribution < 1.29 is 4.79 Å². The number of hydrogen-bond donors (Lipinski definition) is 1. The number of amides is 1. The predicted molar refractivity (Wildman–Crippen MR) is 71.7 cm³/mol. The fourth-order valence-electron chi connectivity index (χ4n) is 2.23. The van der Waals surface area contributed by atoms with Crippen LogP contribution >= 0.6 is 12.2 Å². The fourth-order valence-corrected chi connectivity index (χ4v) is 2.36. The molecule has 0 aromatic heterocycles. The second-order valence-corrected chi connectivity index (χ2v) is 5.95. The van der Waals surface area contributed by atoms with Crippen LogP contribution in [0.3, 0.4) is 0 Å². The summed E-state index contributed by atoms with van der Waals surface area (Å²) in [6, 6.07) is 0. The van der Waals surface area contributed by atoms with E-state index in [9.17, 15) is 4.79 Å². The van der Waals surface area contributed by atoms with E-state index in [0.29, 0.717) is 16.8 Å². The van der Waals surface area contributed by atoms with E-state index in [0.717, 1.165) is 39.0 Å². The summed E-state index contributed by atoms with van der Waals surface area (Å²) in [5.74, 6) is 0.669. The van der Waals surface area contributed by atoms with E-state index in [4.69, 9.17) is 18.0 Å². The van der Waals surface area contributed by atoms with Gasteiger partial charge in [-0.1, -0.05) is 12.2 Å². The van der Waals surface area contributed by atoms with Crippen LogP contribution in [0.25, 0.3) is 0 Å². The lowest BCUT2D eigenvalue weighted by Crippen LogP contribution is -2.60. The van der Waals surface area contributed by atoms with Gasteiger partial charge in [0, 0.05) is 32.1 Å². The van der Waals surface area contributed by atoms with E-state index in [1.54, 1.807) is 0 Å². The first-order valence-corrected chi connectivity index (χ1v) is 6.67. The van der Waals surface area contributed by atoms with Gasteiger partial charge in [0.1, 0.15) is 0 Å². The van der Waals surface area contributed by atoms with Gasteiger partial charge >= 0.3 is 0 Å². The number of hydrogen-bond acceptors (Lipinski definition) is 3. The molecule has 0 unspecified atom stereocenters. The second kappa shape index (κ2) is 4.53. The minimum atomic E-state index is -0.246. The van der Waals surface area contributed by atoms with Crippen molar-refractivity contribution in [3.63, 3.8) is 0 Å². The molecule has 0 radical (unpaired) electrons. The molecule has 1 saturated heterocycles. The summed E-state index contributed by atoms with van der Waals surface area (Å²) in [7, 11) is 0. The Morgan fingerprint density at radius 1 is 1.24 bits per heavy atom. The van der Waals surface area contributed by atoms with Gasteiger partial charge in [0.2, 0.25) is 5.91 Å². The van der Waals surface area contributed by atoms with Crippen LogP contribution in [0.15, 0.2) is 0 Å². The highest BCUT2D eigenvalue weighted by Gasteiger charge is 2.37. The fraction of sp³-hybridized carbons (Fsp3) is 0.833. The summed E-state index contributed by atoms with van der Waals surface area (Å²) in [6.45, 7) is 7.44. The standard InChI is InChI=1S/C12H21N3OS/c1-12(2,11(13)17)15-7-5-14(6-8-15)10(16)9-3-4-9/h9H,3-8H2,1-2H3,(H2,13,17). The van der Waals surface area contributed by atoms with E-state index < -0.39 is 0 Å². The van der Waals surface area contributed by atoms with E-state index in [1.807, 2.05) is 18.7 Å². The second-order valence-electron chi connectivity index (χ2n) is 5.51. The Morgan fingerprint density at radius 2 is 1.76 bits per heavy atom. The molecule has 5 heteroatoms. The zero-order chi connectivity index (χ0) is 12.6. The average Bonchev–Trinajstić information content (AvgIpc) is 3.12. The van der Waals surface area contributed by atoms with Gasteiger partial charge in [-0.05, 0) is 26.7 Å². The van der Waals surface area contributed by atoms with Gasteiger partial charge < -0.3 is 10.6 Å². The van der Waals surface area contributed by atoms with Gasteiger partial charge in [0.05, 0.1) is 10.5 Å². The van der Waals surface area contributed by atoms with Crippen molar-refractivity contribution in [2.45, 2.75) is 32.2 Å². The Hall–Kier alpha value is -0.680. The van der Waals surface area contributed by atoms with Crippen molar-refractivity contribution in [3.8, 4) is 0 Å². The monoisotopic (exact) mass is 255 g/mol. The summed E-state index contributed by atoms with van der Waals surface area (Å²) in [5, 5.41) is 0. The van der Waals surface area contributed by atoms with E-state index >= 15 is 0 Å². The van der Waals surface area contributed by atoms with Crippen LogP contribution in [0.2, 0.25) is 0 Å². The summed E-state index contributed by atoms with van der Waals surface area (Å²) >= 11 is 5.10. The maximum atomic E-state index is 11.9. The molecule has 0 bridgehead atoms. The van der Waals surface area contributed by atoms with Gasteiger partial charge in [-0.15, -0.1) is 0 Å². The molecule has 2 aliphatic rings. The summed E-state index contributed by atoms with van der Waals surface area (Å²) in [6.07, 6.45) is 2.16. The van der Waals surface area contributed by atoms with Gasteiger partial charge in [0.25, 0.3) is 0 Å². The molecule has 0 atom stereocenters. The maximum Gasteiger partial charge on any atom is 0.225 e. The lowest BCUT2D eigenvalue weighted by molar-refractivity contribution is -0.134. The normalized spacial score (nSPS) is 22.6. The minimum Gasteiger partial charge on any atom is -0.392 e. The first-order chi connectivity index (χ1) is 7.93. The Bertz CT molecular complexity index is 331. The molecule has 17 heavy (non-hydrogen) atoms. The highest BCUT2D eigenvalue weighted by molar-refractivity contribution is 7.80. The number of carbonyl (C=O) groups excluding carboxylic acids is 1. The molecule has 0 aromatic carbocycles. The van der Waals surface area contributed by atoms with Crippen molar-refractivity contribution in [1.29, 1.82) is 0 Å². The zero-order valence-corrected chi connectivity index (χ0v) is 11.4. The SMILES string of the molecule is CC(C)(C(N)=S)N1CCN(C(=O)C2CC2)CC1. The lowest BCUT2D eigenvalue weighted by atomic mass is 10.0. The highest BCUT2D eigenvalue weighted by Crippen LogP contribution is 2.31. The largest absolute Gasteiger partial charge is 0.392 e. The third-order valence-electron chi connectivity index (χ3n) is 3.91. The third-order valence-corrected chi connectivity index (χ3v) is 4.41. The van der Waals surface area contributed by atoms with Crippen LogP contribution in [0, 0.1) is 5.92 Å². The Balaban J connectivity index is 1.89. The topological polar surface area (TPSA) is 49.6 Å². The molecule has 96 valence electrons. The number of piperazine rings is 1. The Kier molecular flexibility index (Phi) is 3.41. The summed E-state index contributed by atoms with van der Waals surface area (Å²) < 4.78 is 0. The number of carbonyl (C=O) groups is 1. The molecular formula is C12H21N3OS. The van der Waals surface area contributed by atoms with Crippen LogP contribution in [0.5, 0.6) is 0 Å². The van der Waals surface area contributed by atoms with Crippen LogP contribution in [-0.4, -0.2) is 52.4 Å². The molecule has 1 aliphatic heterocycles. The van der Waals surface area contributed by atoms with Crippen molar-refractivity contribution in [2.24, 2.45) is 11.7 Å². The maximum absolute atomic E-state index is 11.9. The van der Waals surface area contributed by atoms with E-state index in [1.165, 1.54) is 0 Å². The van der Waals surface area contributed by atoms with Crippen LogP contribution < -0.4 is 5.73 Å². The first kappa shape index (κ1) is 12.8. The smallest absolute Gasteiger partial charge is 0.225 e.